The Kier molecular flexibility index (Phi) is 7.55. The average Bonchev–Trinajstić information content (AvgIpc) is 3.26. The summed E-state index contributed by atoms with van der Waals surface area (Å²) in [6.45, 7) is 4.75. The van der Waals surface area contributed by atoms with Crippen LogP contribution in [0.2, 0.25) is 0 Å². The lowest BCUT2D eigenvalue weighted by Gasteiger charge is -2.43. The molecule has 10 aromatic rings. The van der Waals surface area contributed by atoms with E-state index in [9.17, 15) is 0 Å². The number of hydrogen-bond acceptors (Lipinski definition) is 2. The molecule has 0 aromatic heterocycles. The maximum atomic E-state index is 2.57. The summed E-state index contributed by atoms with van der Waals surface area (Å²) in [6.07, 6.45) is 0. The zero-order valence-electron chi connectivity index (χ0n) is 32.0. The van der Waals surface area contributed by atoms with E-state index in [1.165, 1.54) is 82.4 Å². The summed E-state index contributed by atoms with van der Waals surface area (Å²) in [6, 6.07) is 75.9. The number of benzene rings is 10. The Morgan fingerprint density at radius 3 is 1.75 bits per heavy atom. The number of nitrogens with zero attached hydrogens (tertiary/aromatic N) is 2. The normalized spacial score (nSPS) is 13.2. The minimum absolute atomic E-state index is 0.248. The van der Waals surface area contributed by atoms with Crippen molar-refractivity contribution in [1.29, 1.82) is 0 Å². The third kappa shape index (κ3) is 5.25. The first-order valence-corrected chi connectivity index (χ1v) is 19.9. The van der Waals surface area contributed by atoms with Crippen molar-refractivity contribution < 1.29 is 0 Å². The molecule has 0 fully saturated rings. The van der Waals surface area contributed by atoms with Crippen LogP contribution in [-0.2, 0) is 5.41 Å². The topological polar surface area (TPSA) is 6.48 Å². The monoisotopic (exact) mass is 728 g/mol. The lowest BCUT2D eigenvalue weighted by atomic mass is 9.73. The Morgan fingerprint density at radius 2 is 0.930 bits per heavy atom. The lowest BCUT2D eigenvalue weighted by molar-refractivity contribution is 0.632. The molecule has 10 aromatic carbocycles. The Morgan fingerprint density at radius 1 is 0.351 bits per heavy atom. The molecule has 0 unspecified atom stereocenters. The van der Waals surface area contributed by atoms with Gasteiger partial charge in [-0.2, -0.15) is 0 Å². The molecule has 11 rings (SSSR count). The van der Waals surface area contributed by atoms with Gasteiger partial charge in [0, 0.05) is 33.4 Å². The van der Waals surface area contributed by atoms with E-state index in [2.05, 4.69) is 230 Å². The highest BCUT2D eigenvalue weighted by molar-refractivity contribution is 6.17. The van der Waals surface area contributed by atoms with Crippen LogP contribution >= 0.6 is 0 Å². The van der Waals surface area contributed by atoms with E-state index in [0.29, 0.717) is 0 Å². The van der Waals surface area contributed by atoms with Gasteiger partial charge in [-0.15, -0.1) is 0 Å². The third-order valence-corrected chi connectivity index (χ3v) is 12.2. The van der Waals surface area contributed by atoms with Gasteiger partial charge in [0.05, 0.1) is 17.1 Å². The fourth-order valence-electron chi connectivity index (χ4n) is 9.42. The second-order valence-electron chi connectivity index (χ2n) is 15.8. The number of hydrogen-bond donors (Lipinski definition) is 0. The summed E-state index contributed by atoms with van der Waals surface area (Å²) >= 11 is 0. The van der Waals surface area contributed by atoms with Crippen molar-refractivity contribution in [3.63, 3.8) is 0 Å². The van der Waals surface area contributed by atoms with Gasteiger partial charge >= 0.3 is 0 Å². The molecule has 0 N–H and O–H groups in total. The predicted molar refractivity (Wildman–Crippen MR) is 243 cm³/mol. The second kappa shape index (κ2) is 13.0. The van der Waals surface area contributed by atoms with Crippen LogP contribution < -0.4 is 9.80 Å². The molecule has 0 bridgehead atoms. The zero-order chi connectivity index (χ0) is 38.1. The molecule has 2 nitrogen and oxygen atoms in total. The van der Waals surface area contributed by atoms with E-state index < -0.39 is 0 Å². The molecule has 0 atom stereocenters. The molecular formula is C55H40N2. The van der Waals surface area contributed by atoms with Crippen molar-refractivity contribution >= 4 is 77.2 Å². The van der Waals surface area contributed by atoms with Crippen LogP contribution in [-0.4, -0.2) is 0 Å². The minimum atomic E-state index is -0.248. The van der Waals surface area contributed by atoms with Crippen molar-refractivity contribution in [1.82, 2.24) is 0 Å². The summed E-state index contributed by atoms with van der Waals surface area (Å²) in [5.41, 5.74) is 11.7. The third-order valence-electron chi connectivity index (χ3n) is 12.2. The molecule has 0 saturated carbocycles. The van der Waals surface area contributed by atoms with Crippen molar-refractivity contribution in [2.24, 2.45) is 0 Å². The van der Waals surface area contributed by atoms with E-state index in [1.807, 2.05) is 0 Å². The molecular weight excluding hydrogens is 689 g/mol. The van der Waals surface area contributed by atoms with E-state index in [-0.39, 0.29) is 5.41 Å². The van der Waals surface area contributed by atoms with Crippen molar-refractivity contribution in [3.05, 3.63) is 217 Å². The van der Waals surface area contributed by atoms with E-state index in [4.69, 9.17) is 0 Å². The van der Waals surface area contributed by atoms with Crippen LogP contribution in [0.3, 0.4) is 0 Å². The number of para-hydroxylation sites is 2. The van der Waals surface area contributed by atoms with Gasteiger partial charge in [-0.3, -0.25) is 0 Å². The van der Waals surface area contributed by atoms with Crippen LogP contribution in [0.1, 0.15) is 25.0 Å². The maximum Gasteiger partial charge on any atom is 0.0618 e. The highest BCUT2D eigenvalue weighted by Crippen LogP contribution is 2.56. The lowest BCUT2D eigenvalue weighted by Crippen LogP contribution is -2.31. The fourth-order valence-corrected chi connectivity index (χ4v) is 9.42. The minimum Gasteiger partial charge on any atom is -0.310 e. The molecule has 0 saturated heterocycles. The molecule has 0 spiro atoms. The predicted octanol–water partition coefficient (Wildman–Crippen LogP) is 15.5. The van der Waals surface area contributed by atoms with Gasteiger partial charge in [0.15, 0.2) is 0 Å². The summed E-state index contributed by atoms with van der Waals surface area (Å²) in [5.74, 6) is 0. The average molecular weight is 729 g/mol. The van der Waals surface area contributed by atoms with Crippen molar-refractivity contribution in [2.75, 3.05) is 9.80 Å². The SMILES string of the molecule is CC1(C)c2ccccc2N(c2c(-c3cc4ccccc4c4ccccc34)ccc3ccccc23)c2cc(N(c3ccccc3)c3ccc4ccccc4c3)ccc21. The van der Waals surface area contributed by atoms with Crippen molar-refractivity contribution in [3.8, 4) is 11.1 Å². The first-order valence-electron chi connectivity index (χ1n) is 19.9. The Bertz CT molecular complexity index is 3180. The molecule has 270 valence electrons. The Hall–Kier alpha value is -7.16. The maximum absolute atomic E-state index is 2.57. The number of fused-ring (bicyclic) bond motifs is 7. The van der Waals surface area contributed by atoms with Gasteiger partial charge in [0.25, 0.3) is 0 Å². The van der Waals surface area contributed by atoms with Crippen LogP contribution in [0.5, 0.6) is 0 Å². The highest BCUT2D eigenvalue weighted by atomic mass is 15.2. The molecule has 2 heteroatoms. The van der Waals surface area contributed by atoms with Crippen molar-refractivity contribution in [2.45, 2.75) is 19.3 Å². The van der Waals surface area contributed by atoms with Crippen LogP contribution in [0, 0.1) is 0 Å². The number of anilines is 6. The van der Waals surface area contributed by atoms with Crippen LogP contribution in [0.15, 0.2) is 206 Å². The molecule has 57 heavy (non-hydrogen) atoms. The first-order chi connectivity index (χ1) is 28.0. The van der Waals surface area contributed by atoms with E-state index >= 15 is 0 Å². The van der Waals surface area contributed by atoms with Crippen LogP contribution in [0.25, 0.3) is 54.2 Å². The smallest absolute Gasteiger partial charge is 0.0618 e. The van der Waals surface area contributed by atoms with Gasteiger partial charge in [-0.05, 0) is 103 Å². The highest BCUT2D eigenvalue weighted by Gasteiger charge is 2.38. The summed E-state index contributed by atoms with van der Waals surface area (Å²) in [5, 5.41) is 9.90. The molecule has 1 aliphatic heterocycles. The van der Waals surface area contributed by atoms with Crippen LogP contribution in [0.4, 0.5) is 34.1 Å². The van der Waals surface area contributed by atoms with Gasteiger partial charge < -0.3 is 9.80 Å². The summed E-state index contributed by atoms with van der Waals surface area (Å²) in [4.78, 5) is 4.98. The van der Waals surface area contributed by atoms with E-state index in [1.54, 1.807) is 0 Å². The summed E-state index contributed by atoms with van der Waals surface area (Å²) in [7, 11) is 0. The molecule has 1 heterocycles. The molecule has 0 radical (unpaired) electrons. The second-order valence-corrected chi connectivity index (χ2v) is 15.8. The summed E-state index contributed by atoms with van der Waals surface area (Å²) < 4.78 is 0. The Balaban J connectivity index is 1.23. The number of rotatable bonds is 5. The first kappa shape index (κ1) is 33.2. The molecule has 1 aliphatic rings. The van der Waals surface area contributed by atoms with Gasteiger partial charge in [0.1, 0.15) is 0 Å². The van der Waals surface area contributed by atoms with Gasteiger partial charge in [-0.25, -0.2) is 0 Å². The quantitative estimate of drug-likeness (QED) is 0.163. The standard InChI is InChI=1S/C55H40N2/c1-55(2)50-26-14-15-27-52(50)57(53-36-43(31-33-51(53)55)56(41-20-4-3-5-21-41)42-30-28-37-16-6-7-18-39(37)34-42)54-45-23-11-8-17-38(45)29-32-48(54)49-35-40-19-9-10-22-44(40)46-24-12-13-25-47(46)49/h3-36H,1-2H3. The van der Waals surface area contributed by atoms with E-state index in [0.717, 1.165) is 17.1 Å². The fraction of sp³-hybridized carbons (Fsp3) is 0.0545. The van der Waals surface area contributed by atoms with Gasteiger partial charge in [-0.1, -0.05) is 172 Å². The largest absolute Gasteiger partial charge is 0.310 e. The molecule has 0 amide bonds. The Labute approximate surface area is 333 Å². The molecule has 0 aliphatic carbocycles. The zero-order valence-corrected chi connectivity index (χ0v) is 32.0. The van der Waals surface area contributed by atoms with Gasteiger partial charge in [0.2, 0.25) is 0 Å².